The van der Waals surface area contributed by atoms with Gasteiger partial charge < -0.3 is 5.32 Å². The number of alkyl halides is 3. The number of rotatable bonds is 4. The van der Waals surface area contributed by atoms with Gasteiger partial charge in [-0.3, -0.25) is 4.79 Å². The van der Waals surface area contributed by atoms with Crippen LogP contribution >= 0.6 is 11.3 Å². The summed E-state index contributed by atoms with van der Waals surface area (Å²) in [6.45, 7) is 3.50. The molecule has 118 valence electrons. The highest BCUT2D eigenvalue weighted by atomic mass is 32.1. The number of aryl methyl sites for hydroxylation is 2. The predicted octanol–water partition coefficient (Wildman–Crippen LogP) is 2.75. The first-order valence-corrected chi connectivity index (χ1v) is 7.31. The molecule has 0 spiro atoms. The van der Waals surface area contributed by atoms with Crippen molar-refractivity contribution in [3.63, 3.8) is 0 Å². The largest absolute Gasteiger partial charge is 0.434 e. The highest BCUT2D eigenvalue weighted by Gasteiger charge is 2.33. The van der Waals surface area contributed by atoms with Crippen LogP contribution in [-0.4, -0.2) is 20.9 Å². The fraction of sp³-hybridized carbons (Fsp3) is 0.385. The van der Waals surface area contributed by atoms with E-state index in [4.69, 9.17) is 0 Å². The third-order valence-corrected chi connectivity index (χ3v) is 3.66. The quantitative estimate of drug-likeness (QED) is 0.936. The van der Waals surface area contributed by atoms with E-state index in [1.54, 1.807) is 6.92 Å². The van der Waals surface area contributed by atoms with E-state index in [0.717, 1.165) is 16.7 Å². The first kappa shape index (κ1) is 16.3. The standard InChI is InChI=1S/C13H13F3N4OS/c1-3-9-8(4-17-7(2)19-9)12(21)18-5-11-20-10(6-22-11)13(14,15)16/h4,6H,3,5H2,1-2H3,(H,18,21). The van der Waals surface area contributed by atoms with Crippen LogP contribution in [0.2, 0.25) is 0 Å². The van der Waals surface area contributed by atoms with Crippen LogP contribution in [0.5, 0.6) is 0 Å². The van der Waals surface area contributed by atoms with Gasteiger partial charge in [0.05, 0.1) is 17.8 Å². The molecule has 2 heterocycles. The second-order valence-electron chi connectivity index (χ2n) is 4.44. The molecule has 0 aliphatic rings. The number of thiazole rings is 1. The van der Waals surface area contributed by atoms with Crippen LogP contribution in [0.15, 0.2) is 11.6 Å². The van der Waals surface area contributed by atoms with E-state index in [1.807, 2.05) is 6.92 Å². The minimum Gasteiger partial charge on any atom is -0.345 e. The summed E-state index contributed by atoms with van der Waals surface area (Å²) in [5.41, 5.74) is -0.0320. The summed E-state index contributed by atoms with van der Waals surface area (Å²) >= 11 is 0.849. The number of carbonyl (C=O) groups excluding carboxylic acids is 1. The number of nitrogens with one attached hydrogen (secondary N) is 1. The molecule has 0 fully saturated rings. The van der Waals surface area contributed by atoms with Crippen molar-refractivity contribution in [1.82, 2.24) is 20.3 Å². The molecule has 2 rings (SSSR count). The van der Waals surface area contributed by atoms with E-state index in [-0.39, 0.29) is 11.6 Å². The first-order chi connectivity index (χ1) is 10.3. The Labute approximate surface area is 128 Å². The number of hydrogen-bond donors (Lipinski definition) is 1. The second-order valence-corrected chi connectivity index (χ2v) is 5.38. The summed E-state index contributed by atoms with van der Waals surface area (Å²) < 4.78 is 37.3. The van der Waals surface area contributed by atoms with Gasteiger partial charge in [-0.15, -0.1) is 11.3 Å². The maximum atomic E-state index is 12.4. The van der Waals surface area contributed by atoms with Crippen molar-refractivity contribution in [2.45, 2.75) is 33.0 Å². The Morgan fingerprint density at radius 1 is 1.36 bits per heavy atom. The Morgan fingerprint density at radius 3 is 2.68 bits per heavy atom. The minimum absolute atomic E-state index is 0.0728. The Bertz CT molecular complexity index is 684. The molecule has 2 aromatic heterocycles. The van der Waals surface area contributed by atoms with Crippen LogP contribution in [0.1, 0.15) is 39.5 Å². The molecular weight excluding hydrogens is 317 g/mol. The third-order valence-electron chi connectivity index (χ3n) is 2.81. The van der Waals surface area contributed by atoms with Crippen LogP contribution in [0.3, 0.4) is 0 Å². The molecule has 22 heavy (non-hydrogen) atoms. The Kier molecular flexibility index (Phi) is 4.74. The van der Waals surface area contributed by atoms with Crippen LogP contribution in [0.4, 0.5) is 13.2 Å². The van der Waals surface area contributed by atoms with Crippen molar-refractivity contribution in [1.29, 1.82) is 0 Å². The van der Waals surface area contributed by atoms with Gasteiger partial charge in [0.1, 0.15) is 10.8 Å². The van der Waals surface area contributed by atoms with Crippen molar-refractivity contribution >= 4 is 17.2 Å². The molecule has 9 heteroatoms. The van der Waals surface area contributed by atoms with E-state index >= 15 is 0 Å². The van der Waals surface area contributed by atoms with E-state index < -0.39 is 17.8 Å². The summed E-state index contributed by atoms with van der Waals surface area (Å²) in [6, 6.07) is 0. The molecule has 0 saturated carbocycles. The van der Waals surface area contributed by atoms with Gasteiger partial charge in [-0.05, 0) is 13.3 Å². The van der Waals surface area contributed by atoms with Gasteiger partial charge in [0, 0.05) is 11.6 Å². The lowest BCUT2D eigenvalue weighted by molar-refractivity contribution is -0.140. The summed E-state index contributed by atoms with van der Waals surface area (Å²) in [4.78, 5) is 23.7. The smallest absolute Gasteiger partial charge is 0.345 e. The minimum atomic E-state index is -4.47. The van der Waals surface area contributed by atoms with Gasteiger partial charge in [-0.25, -0.2) is 15.0 Å². The highest BCUT2D eigenvalue weighted by Crippen LogP contribution is 2.29. The molecule has 0 aliphatic heterocycles. The Balaban J connectivity index is 2.06. The summed E-state index contributed by atoms with van der Waals surface area (Å²) in [5, 5.41) is 3.65. The molecular formula is C13H13F3N4OS. The van der Waals surface area contributed by atoms with Gasteiger partial charge in [0.25, 0.3) is 5.91 Å². The summed E-state index contributed by atoms with van der Waals surface area (Å²) in [7, 11) is 0. The first-order valence-electron chi connectivity index (χ1n) is 6.43. The van der Waals surface area contributed by atoms with Gasteiger partial charge in [0.15, 0.2) is 5.69 Å². The molecule has 0 radical (unpaired) electrons. The monoisotopic (exact) mass is 330 g/mol. The molecule has 0 unspecified atom stereocenters. The fourth-order valence-electron chi connectivity index (χ4n) is 1.75. The maximum absolute atomic E-state index is 12.4. The number of aromatic nitrogens is 3. The van der Waals surface area contributed by atoms with Crippen molar-refractivity contribution in [3.8, 4) is 0 Å². The summed E-state index contributed by atoms with van der Waals surface area (Å²) in [6.07, 6.45) is -2.50. The number of carbonyl (C=O) groups is 1. The Morgan fingerprint density at radius 2 is 2.09 bits per heavy atom. The number of nitrogens with zero attached hydrogens (tertiary/aromatic N) is 3. The van der Waals surface area contributed by atoms with E-state index in [1.165, 1.54) is 6.20 Å². The lowest BCUT2D eigenvalue weighted by Gasteiger charge is -2.07. The average molecular weight is 330 g/mol. The van der Waals surface area contributed by atoms with Gasteiger partial charge >= 0.3 is 6.18 Å². The topological polar surface area (TPSA) is 67.8 Å². The molecule has 0 aromatic carbocycles. The normalized spacial score (nSPS) is 11.5. The number of hydrogen-bond acceptors (Lipinski definition) is 5. The van der Waals surface area contributed by atoms with Crippen molar-refractivity contribution in [2.24, 2.45) is 0 Å². The average Bonchev–Trinajstić information content (AvgIpc) is 2.93. The van der Waals surface area contributed by atoms with Crippen LogP contribution in [0, 0.1) is 6.92 Å². The number of halogens is 3. The molecule has 1 N–H and O–H groups in total. The fourth-order valence-corrected chi connectivity index (χ4v) is 2.49. The predicted molar refractivity (Wildman–Crippen MR) is 74.4 cm³/mol. The lowest BCUT2D eigenvalue weighted by Crippen LogP contribution is -2.25. The van der Waals surface area contributed by atoms with Crippen molar-refractivity contribution < 1.29 is 18.0 Å². The number of amides is 1. The molecule has 2 aromatic rings. The second kappa shape index (κ2) is 6.39. The SMILES string of the molecule is CCc1nc(C)ncc1C(=O)NCc1nc(C(F)(F)F)cs1. The van der Waals surface area contributed by atoms with Crippen molar-refractivity contribution in [3.05, 3.63) is 39.4 Å². The summed E-state index contributed by atoms with van der Waals surface area (Å²) in [5.74, 6) is 0.128. The van der Waals surface area contributed by atoms with Gasteiger partial charge in [0.2, 0.25) is 0 Å². The molecule has 0 atom stereocenters. The molecule has 0 saturated heterocycles. The van der Waals surface area contributed by atoms with E-state index in [9.17, 15) is 18.0 Å². The zero-order chi connectivity index (χ0) is 16.3. The highest BCUT2D eigenvalue weighted by molar-refractivity contribution is 7.09. The van der Waals surface area contributed by atoms with Crippen LogP contribution < -0.4 is 5.32 Å². The van der Waals surface area contributed by atoms with Crippen LogP contribution in [-0.2, 0) is 19.1 Å². The third kappa shape index (κ3) is 3.79. The lowest BCUT2D eigenvalue weighted by atomic mass is 10.2. The molecule has 0 bridgehead atoms. The molecule has 5 nitrogen and oxygen atoms in total. The van der Waals surface area contributed by atoms with Crippen LogP contribution in [0.25, 0.3) is 0 Å². The zero-order valence-electron chi connectivity index (χ0n) is 11.9. The van der Waals surface area contributed by atoms with E-state index in [0.29, 0.717) is 23.5 Å². The maximum Gasteiger partial charge on any atom is 0.434 e. The van der Waals surface area contributed by atoms with Gasteiger partial charge in [-0.2, -0.15) is 13.2 Å². The van der Waals surface area contributed by atoms with Gasteiger partial charge in [-0.1, -0.05) is 6.92 Å². The van der Waals surface area contributed by atoms with Crippen molar-refractivity contribution in [2.75, 3.05) is 0 Å². The zero-order valence-corrected chi connectivity index (χ0v) is 12.7. The Hall–Kier alpha value is -2.03. The molecule has 1 amide bonds. The van der Waals surface area contributed by atoms with E-state index in [2.05, 4.69) is 20.3 Å². The molecule has 0 aliphatic carbocycles.